The molecule has 1 heterocycles. The lowest BCUT2D eigenvalue weighted by atomic mass is 10.1. The lowest BCUT2D eigenvalue weighted by Gasteiger charge is -2.09. The van der Waals surface area contributed by atoms with Crippen LogP contribution in [-0.2, 0) is 11.2 Å². The molecule has 1 aromatic heterocycles. The average Bonchev–Trinajstić information content (AvgIpc) is 3.06. The zero-order chi connectivity index (χ0) is 17.8. The van der Waals surface area contributed by atoms with Gasteiger partial charge in [-0.1, -0.05) is 42.0 Å². The third kappa shape index (κ3) is 4.38. The largest absolute Gasteiger partial charge is 0.461 e. The first-order valence-corrected chi connectivity index (χ1v) is 8.54. The molecule has 0 saturated heterocycles. The minimum atomic E-state index is 0.00184. The van der Waals surface area contributed by atoms with E-state index in [0.717, 1.165) is 33.9 Å². The van der Waals surface area contributed by atoms with E-state index in [9.17, 15) is 4.79 Å². The number of benzene rings is 2. The number of aryl methyl sites for hydroxylation is 4. The quantitative estimate of drug-likeness (QED) is 0.675. The Morgan fingerprint density at radius 3 is 2.40 bits per heavy atom. The molecule has 3 heteroatoms. The Labute approximate surface area is 148 Å². The highest BCUT2D eigenvalue weighted by atomic mass is 16.3. The van der Waals surface area contributed by atoms with Gasteiger partial charge in [-0.15, -0.1) is 0 Å². The second-order valence-electron chi connectivity index (χ2n) is 6.50. The second-order valence-corrected chi connectivity index (χ2v) is 6.50. The number of amides is 1. The molecule has 3 rings (SSSR count). The van der Waals surface area contributed by atoms with E-state index < -0.39 is 0 Å². The van der Waals surface area contributed by atoms with Crippen molar-refractivity contribution in [1.82, 2.24) is 0 Å². The molecule has 0 atom stereocenters. The van der Waals surface area contributed by atoms with Gasteiger partial charge in [-0.2, -0.15) is 0 Å². The first-order chi connectivity index (χ1) is 12.0. The summed E-state index contributed by atoms with van der Waals surface area (Å²) in [4.78, 5) is 12.2. The van der Waals surface area contributed by atoms with Crippen LogP contribution in [0.3, 0.4) is 0 Å². The Bertz CT molecular complexity index is 875. The average molecular weight is 333 g/mol. The second kappa shape index (κ2) is 7.39. The van der Waals surface area contributed by atoms with Gasteiger partial charge in [0.25, 0.3) is 0 Å². The van der Waals surface area contributed by atoms with Crippen molar-refractivity contribution in [3.63, 3.8) is 0 Å². The number of carbonyl (C=O) groups is 1. The first kappa shape index (κ1) is 17.0. The fraction of sp³-hybridized carbons (Fsp3) is 0.227. The summed E-state index contributed by atoms with van der Waals surface area (Å²) in [7, 11) is 0. The van der Waals surface area contributed by atoms with Crippen LogP contribution in [0.1, 0.15) is 28.9 Å². The Hall–Kier alpha value is -2.81. The molecule has 0 saturated carbocycles. The van der Waals surface area contributed by atoms with Crippen molar-refractivity contribution < 1.29 is 9.21 Å². The van der Waals surface area contributed by atoms with Crippen LogP contribution in [-0.4, -0.2) is 5.91 Å². The molecule has 1 amide bonds. The molecule has 3 aromatic rings. The van der Waals surface area contributed by atoms with Crippen molar-refractivity contribution in [2.45, 2.75) is 33.6 Å². The third-order valence-corrected chi connectivity index (χ3v) is 4.26. The summed E-state index contributed by atoms with van der Waals surface area (Å²) in [5.41, 5.74) is 5.35. The maximum absolute atomic E-state index is 12.2. The lowest BCUT2D eigenvalue weighted by molar-refractivity contribution is -0.116. The fourth-order valence-electron chi connectivity index (χ4n) is 2.71. The van der Waals surface area contributed by atoms with E-state index in [-0.39, 0.29) is 5.91 Å². The molecule has 0 radical (unpaired) electrons. The van der Waals surface area contributed by atoms with E-state index in [1.54, 1.807) is 0 Å². The molecule has 0 aliphatic carbocycles. The summed E-state index contributed by atoms with van der Waals surface area (Å²) in [6, 6.07) is 18.2. The Morgan fingerprint density at radius 1 is 0.920 bits per heavy atom. The lowest BCUT2D eigenvalue weighted by Crippen LogP contribution is -2.13. The van der Waals surface area contributed by atoms with Gasteiger partial charge >= 0.3 is 0 Å². The zero-order valence-corrected chi connectivity index (χ0v) is 14.9. The van der Waals surface area contributed by atoms with Crippen molar-refractivity contribution in [2.75, 3.05) is 5.32 Å². The molecular weight excluding hydrogens is 310 g/mol. The molecule has 0 unspecified atom stereocenters. The highest BCUT2D eigenvalue weighted by Gasteiger charge is 2.09. The highest BCUT2D eigenvalue weighted by Crippen LogP contribution is 2.23. The number of carbonyl (C=O) groups excluding carboxylic acids is 1. The third-order valence-electron chi connectivity index (χ3n) is 4.26. The molecule has 128 valence electrons. The molecule has 0 aliphatic heterocycles. The van der Waals surface area contributed by atoms with Gasteiger partial charge in [-0.05, 0) is 50.1 Å². The van der Waals surface area contributed by atoms with E-state index in [4.69, 9.17) is 4.42 Å². The van der Waals surface area contributed by atoms with Gasteiger partial charge in [0.05, 0.1) is 0 Å². The summed E-state index contributed by atoms with van der Waals surface area (Å²) in [6.45, 7) is 6.08. The summed E-state index contributed by atoms with van der Waals surface area (Å²) in [6.07, 6.45) is 0.983. The molecule has 3 nitrogen and oxygen atoms in total. The van der Waals surface area contributed by atoms with Crippen LogP contribution in [0, 0.1) is 20.8 Å². The predicted molar refractivity (Wildman–Crippen MR) is 102 cm³/mol. The van der Waals surface area contributed by atoms with Gasteiger partial charge in [-0.3, -0.25) is 4.79 Å². The fourth-order valence-corrected chi connectivity index (χ4v) is 2.71. The Kier molecular flexibility index (Phi) is 5.03. The van der Waals surface area contributed by atoms with Gasteiger partial charge in [0, 0.05) is 24.1 Å². The summed E-state index contributed by atoms with van der Waals surface area (Å²) < 4.78 is 5.87. The van der Waals surface area contributed by atoms with Crippen molar-refractivity contribution >= 4 is 11.6 Å². The van der Waals surface area contributed by atoms with Crippen LogP contribution in [0.2, 0.25) is 0 Å². The first-order valence-electron chi connectivity index (χ1n) is 8.54. The Morgan fingerprint density at radius 2 is 1.64 bits per heavy atom. The highest BCUT2D eigenvalue weighted by molar-refractivity contribution is 5.91. The SMILES string of the molecule is Cc1ccc(-c2ccc(CCC(=O)Nc3cc(C)ccc3C)o2)cc1. The maximum Gasteiger partial charge on any atom is 0.224 e. The van der Waals surface area contributed by atoms with Gasteiger partial charge in [0.2, 0.25) is 5.91 Å². The van der Waals surface area contributed by atoms with E-state index in [0.29, 0.717) is 12.8 Å². The number of furan rings is 1. The van der Waals surface area contributed by atoms with Crippen molar-refractivity contribution in [2.24, 2.45) is 0 Å². The molecule has 1 N–H and O–H groups in total. The minimum Gasteiger partial charge on any atom is -0.461 e. The number of hydrogen-bond donors (Lipinski definition) is 1. The van der Waals surface area contributed by atoms with Crippen molar-refractivity contribution in [3.8, 4) is 11.3 Å². The molecule has 0 fully saturated rings. The number of hydrogen-bond acceptors (Lipinski definition) is 2. The number of nitrogens with one attached hydrogen (secondary N) is 1. The molecule has 0 aliphatic rings. The number of rotatable bonds is 5. The Balaban J connectivity index is 1.59. The van der Waals surface area contributed by atoms with Gasteiger partial charge < -0.3 is 9.73 Å². The molecule has 0 spiro atoms. The predicted octanol–water partition coefficient (Wildman–Crippen LogP) is 5.44. The molecule has 25 heavy (non-hydrogen) atoms. The summed E-state index contributed by atoms with van der Waals surface area (Å²) in [5, 5.41) is 2.99. The van der Waals surface area contributed by atoms with Gasteiger partial charge in [0.15, 0.2) is 0 Å². The van der Waals surface area contributed by atoms with E-state index in [1.807, 2.05) is 56.3 Å². The maximum atomic E-state index is 12.2. The van der Waals surface area contributed by atoms with E-state index >= 15 is 0 Å². The number of anilines is 1. The smallest absolute Gasteiger partial charge is 0.224 e. The van der Waals surface area contributed by atoms with Crippen molar-refractivity contribution in [3.05, 3.63) is 77.0 Å². The van der Waals surface area contributed by atoms with E-state index in [2.05, 4.69) is 24.4 Å². The molecular formula is C22H23NO2. The standard InChI is InChI=1S/C22H23NO2/c1-15-5-8-18(9-6-15)21-12-10-19(25-21)11-13-22(24)23-20-14-16(2)4-7-17(20)3/h4-10,12,14H,11,13H2,1-3H3,(H,23,24). The normalized spacial score (nSPS) is 10.7. The van der Waals surface area contributed by atoms with Crippen LogP contribution in [0.15, 0.2) is 59.0 Å². The van der Waals surface area contributed by atoms with E-state index in [1.165, 1.54) is 5.56 Å². The summed E-state index contributed by atoms with van der Waals surface area (Å²) >= 11 is 0. The van der Waals surface area contributed by atoms with Crippen molar-refractivity contribution in [1.29, 1.82) is 0 Å². The minimum absolute atomic E-state index is 0.00184. The van der Waals surface area contributed by atoms with Crippen LogP contribution < -0.4 is 5.32 Å². The topological polar surface area (TPSA) is 42.2 Å². The van der Waals surface area contributed by atoms with Crippen LogP contribution in [0.25, 0.3) is 11.3 Å². The van der Waals surface area contributed by atoms with Crippen LogP contribution in [0.4, 0.5) is 5.69 Å². The van der Waals surface area contributed by atoms with Crippen LogP contribution in [0.5, 0.6) is 0 Å². The van der Waals surface area contributed by atoms with Gasteiger partial charge in [0.1, 0.15) is 11.5 Å². The molecule has 0 bridgehead atoms. The monoisotopic (exact) mass is 333 g/mol. The zero-order valence-electron chi connectivity index (χ0n) is 14.9. The van der Waals surface area contributed by atoms with Gasteiger partial charge in [-0.25, -0.2) is 0 Å². The molecule has 2 aromatic carbocycles. The van der Waals surface area contributed by atoms with Crippen LogP contribution >= 0.6 is 0 Å². The summed E-state index contributed by atoms with van der Waals surface area (Å²) in [5.74, 6) is 1.67.